The van der Waals surface area contributed by atoms with Crippen LogP contribution in [-0.4, -0.2) is 47.1 Å². The van der Waals surface area contributed by atoms with Crippen LogP contribution in [0.5, 0.6) is 23.0 Å². The van der Waals surface area contributed by atoms with Gasteiger partial charge in [-0.1, -0.05) is 30.3 Å². The summed E-state index contributed by atoms with van der Waals surface area (Å²) in [6.45, 7) is 1.81. The van der Waals surface area contributed by atoms with Crippen LogP contribution >= 0.6 is 0 Å². The molecule has 0 saturated heterocycles. The molecule has 0 radical (unpaired) electrons. The zero-order chi connectivity index (χ0) is 26.8. The summed E-state index contributed by atoms with van der Waals surface area (Å²) in [5.74, 6) is 1.98. The summed E-state index contributed by atoms with van der Waals surface area (Å²) in [5, 5.41) is 21.2. The quantitative estimate of drug-likeness (QED) is 0.328. The number of hydrogen-bond acceptors (Lipinski definition) is 8. The molecular formula is C28H27N5O5. The third-order valence-electron chi connectivity index (χ3n) is 6.24. The van der Waals surface area contributed by atoms with E-state index in [0.29, 0.717) is 57.1 Å². The van der Waals surface area contributed by atoms with E-state index in [4.69, 9.17) is 24.3 Å². The van der Waals surface area contributed by atoms with E-state index < -0.39 is 6.04 Å². The van der Waals surface area contributed by atoms with Crippen molar-refractivity contribution in [2.45, 2.75) is 13.0 Å². The first-order valence-electron chi connectivity index (χ1n) is 11.8. The zero-order valence-electron chi connectivity index (χ0n) is 21.4. The van der Waals surface area contributed by atoms with E-state index in [1.807, 2.05) is 43.3 Å². The van der Waals surface area contributed by atoms with E-state index in [0.717, 1.165) is 0 Å². The molecular weight excluding hydrogens is 486 g/mol. The molecule has 1 aliphatic heterocycles. The maximum Gasteiger partial charge on any atom is 0.255 e. The minimum absolute atomic E-state index is 0.0769. The number of anilines is 2. The molecule has 1 amide bonds. The van der Waals surface area contributed by atoms with Crippen LogP contribution in [0.1, 0.15) is 18.5 Å². The van der Waals surface area contributed by atoms with E-state index in [2.05, 4.69) is 10.6 Å². The summed E-state index contributed by atoms with van der Waals surface area (Å²) >= 11 is 0. The number of nitrogens with zero attached hydrogens (tertiary/aromatic N) is 3. The molecule has 5 rings (SSSR count). The molecule has 0 saturated carbocycles. The maximum atomic E-state index is 13.6. The minimum Gasteiger partial charge on any atom is -0.508 e. The SMILES string of the molecule is COc1cc(-c2nc3n(n2)C(c2cccc(O)c2)C(C(=O)Nc2ccccc2)=C(C)N3)cc(OC)c1OC. The molecule has 1 aromatic heterocycles. The molecule has 38 heavy (non-hydrogen) atoms. The molecule has 4 aromatic rings. The van der Waals surface area contributed by atoms with Crippen molar-refractivity contribution in [2.24, 2.45) is 0 Å². The fourth-order valence-electron chi connectivity index (χ4n) is 4.50. The Kier molecular flexibility index (Phi) is 6.61. The molecule has 0 fully saturated rings. The molecule has 2 heterocycles. The molecule has 10 nitrogen and oxygen atoms in total. The van der Waals surface area contributed by atoms with E-state index in [-0.39, 0.29) is 11.7 Å². The Balaban J connectivity index is 1.62. The number of nitrogens with one attached hydrogen (secondary N) is 2. The van der Waals surface area contributed by atoms with Gasteiger partial charge in [0.05, 0.1) is 26.9 Å². The lowest BCUT2D eigenvalue weighted by Gasteiger charge is -2.28. The van der Waals surface area contributed by atoms with Crippen LogP contribution < -0.4 is 24.8 Å². The van der Waals surface area contributed by atoms with Crippen LogP contribution in [0.4, 0.5) is 11.6 Å². The molecule has 3 N–H and O–H groups in total. The highest BCUT2D eigenvalue weighted by Crippen LogP contribution is 2.42. The number of carbonyl (C=O) groups is 1. The number of phenols is 1. The van der Waals surface area contributed by atoms with Crippen molar-refractivity contribution >= 4 is 17.5 Å². The van der Waals surface area contributed by atoms with Gasteiger partial charge < -0.3 is 30.0 Å². The van der Waals surface area contributed by atoms with Crippen LogP contribution in [0, 0.1) is 0 Å². The molecule has 3 aromatic carbocycles. The number of para-hydroxylation sites is 1. The standard InChI is InChI=1S/C28H27N5O5/c1-16-23(27(35)30-19-10-6-5-7-11-19)24(17-9-8-12-20(34)13-17)33-28(29-16)31-26(32-33)18-14-21(36-2)25(38-4)22(15-18)37-3/h5-15,24,34H,1-4H3,(H,30,35)(H,29,31,32). The number of aromatic hydroxyl groups is 1. The second-order valence-corrected chi connectivity index (χ2v) is 8.60. The Morgan fingerprint density at radius 3 is 2.32 bits per heavy atom. The molecule has 0 bridgehead atoms. The lowest BCUT2D eigenvalue weighted by molar-refractivity contribution is -0.113. The van der Waals surface area contributed by atoms with Crippen molar-refractivity contribution in [3.05, 3.63) is 83.6 Å². The average molecular weight is 514 g/mol. The maximum absolute atomic E-state index is 13.6. The van der Waals surface area contributed by atoms with Crippen LogP contribution in [0.2, 0.25) is 0 Å². The third-order valence-corrected chi connectivity index (χ3v) is 6.24. The summed E-state index contributed by atoms with van der Waals surface area (Å²) in [4.78, 5) is 18.3. The summed E-state index contributed by atoms with van der Waals surface area (Å²) in [7, 11) is 4.61. The number of benzene rings is 3. The lowest BCUT2D eigenvalue weighted by Crippen LogP contribution is -2.31. The van der Waals surface area contributed by atoms with Crippen LogP contribution in [0.25, 0.3) is 11.4 Å². The number of aromatic nitrogens is 3. The first-order chi connectivity index (χ1) is 18.4. The van der Waals surface area contributed by atoms with E-state index in [9.17, 15) is 9.90 Å². The number of rotatable bonds is 7. The minimum atomic E-state index is -0.662. The molecule has 1 aliphatic rings. The predicted molar refractivity (Wildman–Crippen MR) is 143 cm³/mol. The number of methoxy groups -OCH3 is 3. The Labute approximate surface area is 219 Å². The monoisotopic (exact) mass is 513 g/mol. The Bertz CT molecular complexity index is 1500. The van der Waals surface area contributed by atoms with Crippen molar-refractivity contribution in [3.63, 3.8) is 0 Å². The number of allylic oxidation sites excluding steroid dienone is 1. The van der Waals surface area contributed by atoms with Crippen molar-refractivity contribution in [3.8, 4) is 34.4 Å². The Morgan fingerprint density at radius 1 is 0.974 bits per heavy atom. The number of fused-ring (bicyclic) bond motifs is 1. The highest BCUT2D eigenvalue weighted by atomic mass is 16.5. The fraction of sp³-hybridized carbons (Fsp3) is 0.179. The van der Waals surface area contributed by atoms with Gasteiger partial charge >= 0.3 is 0 Å². The largest absolute Gasteiger partial charge is 0.508 e. The first-order valence-corrected chi connectivity index (χ1v) is 11.8. The summed E-state index contributed by atoms with van der Waals surface area (Å²) in [6, 6.07) is 18.8. The van der Waals surface area contributed by atoms with Crippen molar-refractivity contribution < 1.29 is 24.1 Å². The van der Waals surface area contributed by atoms with Gasteiger partial charge in [-0.05, 0) is 48.9 Å². The molecule has 0 spiro atoms. The van der Waals surface area contributed by atoms with Gasteiger partial charge in [-0.25, -0.2) is 4.68 Å². The molecule has 1 unspecified atom stereocenters. The number of amides is 1. The zero-order valence-corrected chi connectivity index (χ0v) is 21.4. The highest BCUT2D eigenvalue weighted by Gasteiger charge is 2.35. The van der Waals surface area contributed by atoms with Gasteiger partial charge in [0.15, 0.2) is 17.3 Å². The second kappa shape index (κ2) is 10.2. The first kappa shape index (κ1) is 24.7. The van der Waals surface area contributed by atoms with Crippen molar-refractivity contribution in [1.29, 1.82) is 0 Å². The molecule has 0 aliphatic carbocycles. The summed E-state index contributed by atoms with van der Waals surface area (Å²) in [6.07, 6.45) is 0. The number of phenolic OH excluding ortho intramolecular Hbond substituents is 1. The summed E-state index contributed by atoms with van der Waals surface area (Å²) in [5.41, 5.74) is 3.02. The average Bonchev–Trinajstić information content (AvgIpc) is 3.35. The van der Waals surface area contributed by atoms with E-state index in [1.54, 1.807) is 35.0 Å². The number of hydrogen-bond donors (Lipinski definition) is 3. The predicted octanol–water partition coefficient (Wildman–Crippen LogP) is 4.60. The third kappa shape index (κ3) is 4.47. The summed E-state index contributed by atoms with van der Waals surface area (Å²) < 4.78 is 18.1. The second-order valence-electron chi connectivity index (χ2n) is 8.60. The van der Waals surface area contributed by atoms with Gasteiger partial charge in [-0.2, -0.15) is 4.98 Å². The smallest absolute Gasteiger partial charge is 0.255 e. The van der Waals surface area contributed by atoms with Crippen LogP contribution in [-0.2, 0) is 4.79 Å². The fourth-order valence-corrected chi connectivity index (χ4v) is 4.50. The van der Waals surface area contributed by atoms with Crippen LogP contribution in [0.3, 0.4) is 0 Å². The van der Waals surface area contributed by atoms with Gasteiger partial charge in [0.2, 0.25) is 11.7 Å². The van der Waals surface area contributed by atoms with Gasteiger partial charge in [-0.15, -0.1) is 5.10 Å². The molecule has 10 heteroatoms. The van der Waals surface area contributed by atoms with Gasteiger partial charge in [0.1, 0.15) is 11.8 Å². The normalized spacial score (nSPS) is 14.4. The molecule has 1 atom stereocenters. The van der Waals surface area contributed by atoms with Crippen LogP contribution in [0.15, 0.2) is 78.0 Å². The van der Waals surface area contributed by atoms with Gasteiger partial charge in [-0.3, -0.25) is 4.79 Å². The van der Waals surface area contributed by atoms with E-state index >= 15 is 0 Å². The topological polar surface area (TPSA) is 120 Å². The lowest BCUT2D eigenvalue weighted by atomic mass is 9.95. The van der Waals surface area contributed by atoms with Gasteiger partial charge in [0, 0.05) is 16.9 Å². The Morgan fingerprint density at radius 2 is 1.68 bits per heavy atom. The number of carbonyl (C=O) groups excluding carboxylic acids is 1. The number of ether oxygens (including phenoxy) is 3. The molecule has 194 valence electrons. The van der Waals surface area contributed by atoms with Crippen molar-refractivity contribution in [1.82, 2.24) is 14.8 Å². The Hall–Kier alpha value is -4.99. The highest BCUT2D eigenvalue weighted by molar-refractivity contribution is 6.06. The van der Waals surface area contributed by atoms with Crippen molar-refractivity contribution in [2.75, 3.05) is 32.0 Å². The van der Waals surface area contributed by atoms with E-state index in [1.165, 1.54) is 21.3 Å². The van der Waals surface area contributed by atoms with Gasteiger partial charge in [0.25, 0.3) is 5.91 Å².